The van der Waals surface area contributed by atoms with Gasteiger partial charge in [-0.15, -0.1) is 0 Å². The minimum Gasteiger partial charge on any atom is -0.481 e. The standard InChI is InChI=1S/C27H40N2O4.C4H10S/c1-20-11-12-26(29(6)27-10-7-8-16-33-27)25(18-20)23(4)21(2)13-14-28-24(5)32-17-9-15-31-19-22(3)30;1-4(2)5-3/h11-14,18,22,27,30H,2,4,7-10,15-17,19H2,1,3,5-6H3;4H,1-3H3/b14-13-,28-24?;. The lowest BCUT2D eigenvalue weighted by Crippen LogP contribution is -2.37. The summed E-state index contributed by atoms with van der Waals surface area (Å²) in [5.74, 6) is 0.575. The van der Waals surface area contributed by atoms with Gasteiger partial charge in [0.1, 0.15) is 6.23 Å². The lowest BCUT2D eigenvalue weighted by Gasteiger charge is -2.34. The Balaban J connectivity index is 0.00000132. The number of aryl methyl sites for hydroxylation is 1. The predicted molar refractivity (Wildman–Crippen MR) is 165 cm³/mol. The molecule has 2 unspecified atom stereocenters. The molecule has 2 rings (SSSR count). The Hall–Kier alpha value is -2.06. The molecule has 0 aliphatic carbocycles. The number of anilines is 1. The van der Waals surface area contributed by atoms with Crippen LogP contribution in [0.4, 0.5) is 5.69 Å². The predicted octanol–water partition coefficient (Wildman–Crippen LogP) is 7.02. The molecule has 1 saturated heterocycles. The second-order valence-electron chi connectivity index (χ2n) is 9.83. The average Bonchev–Trinajstić information content (AvgIpc) is 2.90. The zero-order valence-corrected chi connectivity index (χ0v) is 25.5. The van der Waals surface area contributed by atoms with Crippen LogP contribution in [0.1, 0.15) is 64.5 Å². The lowest BCUT2D eigenvalue weighted by atomic mass is 9.96. The first-order valence-electron chi connectivity index (χ1n) is 13.5. The van der Waals surface area contributed by atoms with E-state index < -0.39 is 6.10 Å². The van der Waals surface area contributed by atoms with Crippen molar-refractivity contribution in [2.24, 2.45) is 4.99 Å². The van der Waals surface area contributed by atoms with E-state index in [1.807, 2.05) is 24.8 Å². The highest BCUT2D eigenvalue weighted by atomic mass is 32.2. The second-order valence-corrected chi connectivity index (χ2v) is 11.2. The van der Waals surface area contributed by atoms with E-state index in [-0.39, 0.29) is 6.23 Å². The first-order valence-corrected chi connectivity index (χ1v) is 14.8. The molecule has 214 valence electrons. The molecule has 38 heavy (non-hydrogen) atoms. The summed E-state index contributed by atoms with van der Waals surface area (Å²) < 4.78 is 16.9. The van der Waals surface area contributed by atoms with Crippen LogP contribution in [0, 0.1) is 6.92 Å². The topological polar surface area (TPSA) is 63.5 Å². The molecule has 0 saturated carbocycles. The molecular formula is C31H50N2O4S. The van der Waals surface area contributed by atoms with Gasteiger partial charge >= 0.3 is 0 Å². The Morgan fingerprint density at radius 2 is 1.97 bits per heavy atom. The third kappa shape index (κ3) is 13.7. The van der Waals surface area contributed by atoms with Gasteiger partial charge in [0.2, 0.25) is 0 Å². The highest BCUT2D eigenvalue weighted by Gasteiger charge is 2.22. The molecule has 2 atom stereocenters. The van der Waals surface area contributed by atoms with Crippen LogP contribution in [-0.4, -0.2) is 68.3 Å². The first-order chi connectivity index (χ1) is 18.1. The van der Waals surface area contributed by atoms with Crippen LogP contribution in [0.15, 0.2) is 54.2 Å². The number of rotatable bonds is 13. The minimum absolute atomic E-state index is 0.0821. The van der Waals surface area contributed by atoms with Gasteiger partial charge in [-0.1, -0.05) is 38.6 Å². The fraction of sp³-hybridized carbons (Fsp3) is 0.581. The van der Waals surface area contributed by atoms with Crippen LogP contribution in [0.5, 0.6) is 0 Å². The van der Waals surface area contributed by atoms with Crippen molar-refractivity contribution < 1.29 is 19.3 Å². The monoisotopic (exact) mass is 546 g/mol. The summed E-state index contributed by atoms with van der Waals surface area (Å²) in [6.07, 6.45) is 9.36. The molecule has 1 fully saturated rings. The zero-order valence-electron chi connectivity index (χ0n) is 24.7. The van der Waals surface area contributed by atoms with Gasteiger partial charge in [-0.3, -0.25) is 0 Å². The zero-order chi connectivity index (χ0) is 28.5. The molecule has 0 radical (unpaired) electrons. The van der Waals surface area contributed by atoms with Crippen molar-refractivity contribution in [1.82, 2.24) is 0 Å². The van der Waals surface area contributed by atoms with Gasteiger partial charge in [-0.05, 0) is 74.0 Å². The number of hydrogen-bond donors (Lipinski definition) is 1. The molecule has 1 aromatic rings. The molecule has 0 spiro atoms. The molecule has 1 aliphatic rings. The van der Waals surface area contributed by atoms with Crippen LogP contribution >= 0.6 is 11.8 Å². The summed E-state index contributed by atoms with van der Waals surface area (Å²) >= 11 is 1.88. The smallest absolute Gasteiger partial charge is 0.184 e. The molecule has 0 amide bonds. The van der Waals surface area contributed by atoms with E-state index in [4.69, 9.17) is 19.3 Å². The van der Waals surface area contributed by atoms with E-state index in [0.717, 1.165) is 53.5 Å². The number of ether oxygens (including phenoxy) is 3. The number of nitrogens with zero attached hydrogens (tertiary/aromatic N) is 2. The molecule has 0 bridgehead atoms. The van der Waals surface area contributed by atoms with Crippen LogP contribution in [0.25, 0.3) is 5.57 Å². The molecule has 0 aromatic heterocycles. The van der Waals surface area contributed by atoms with Crippen molar-refractivity contribution >= 4 is 28.9 Å². The maximum absolute atomic E-state index is 9.16. The number of thioether (sulfide) groups is 1. The third-order valence-electron chi connectivity index (χ3n) is 5.94. The Bertz CT molecular complexity index is 905. The summed E-state index contributed by atoms with van der Waals surface area (Å²) in [4.78, 5) is 6.54. The summed E-state index contributed by atoms with van der Waals surface area (Å²) in [6.45, 7) is 20.7. The summed E-state index contributed by atoms with van der Waals surface area (Å²) in [7, 11) is 2.08. The van der Waals surface area contributed by atoms with Crippen molar-refractivity contribution in [3.05, 3.63) is 60.3 Å². The molecule has 1 heterocycles. The fourth-order valence-electron chi connectivity index (χ4n) is 3.56. The lowest BCUT2D eigenvalue weighted by molar-refractivity contribution is 0.0174. The van der Waals surface area contributed by atoms with E-state index in [0.29, 0.717) is 25.7 Å². The highest BCUT2D eigenvalue weighted by molar-refractivity contribution is 7.99. The van der Waals surface area contributed by atoms with E-state index in [9.17, 15) is 0 Å². The largest absolute Gasteiger partial charge is 0.481 e. The van der Waals surface area contributed by atoms with Gasteiger partial charge in [0.25, 0.3) is 0 Å². The number of aliphatic hydroxyl groups excluding tert-OH is 1. The third-order valence-corrected chi connectivity index (χ3v) is 6.88. The first kappa shape index (κ1) is 34.0. The maximum atomic E-state index is 9.16. The second kappa shape index (κ2) is 19.1. The van der Waals surface area contributed by atoms with Gasteiger partial charge in [-0.2, -0.15) is 11.8 Å². The van der Waals surface area contributed by atoms with Crippen molar-refractivity contribution in [1.29, 1.82) is 0 Å². The van der Waals surface area contributed by atoms with Crippen LogP contribution in [0.2, 0.25) is 0 Å². The number of aliphatic imine (C=N–C) groups is 1. The number of benzene rings is 1. The number of allylic oxidation sites excluding steroid dienone is 3. The van der Waals surface area contributed by atoms with Crippen molar-refractivity contribution in [3.8, 4) is 0 Å². The van der Waals surface area contributed by atoms with E-state index in [1.54, 1.807) is 13.1 Å². The molecule has 7 heteroatoms. The molecule has 1 aliphatic heterocycles. The highest BCUT2D eigenvalue weighted by Crippen LogP contribution is 2.33. The number of aliphatic hydroxyl groups is 1. The summed E-state index contributed by atoms with van der Waals surface area (Å²) in [5, 5.41) is 9.96. The molecular weight excluding hydrogens is 496 g/mol. The SMILES string of the molecule is C=C(/C=C\N=C(C)OCCCOCC(C)O)C(=C)c1cc(C)ccc1N(C)C1CCCCO1.CSC(C)C. The van der Waals surface area contributed by atoms with Gasteiger partial charge in [-0.25, -0.2) is 4.99 Å². The molecule has 1 aromatic carbocycles. The quantitative estimate of drug-likeness (QED) is 0.124. The minimum atomic E-state index is -0.445. The Labute approximate surface area is 235 Å². The van der Waals surface area contributed by atoms with Crippen molar-refractivity contribution in [2.75, 3.05) is 44.6 Å². The number of hydrogen-bond acceptors (Lipinski definition) is 7. The van der Waals surface area contributed by atoms with E-state index in [1.165, 1.54) is 12.0 Å². The summed E-state index contributed by atoms with van der Waals surface area (Å²) in [5.41, 5.74) is 4.97. The normalized spacial score (nSPS) is 16.7. The Morgan fingerprint density at radius 1 is 1.26 bits per heavy atom. The van der Waals surface area contributed by atoms with Gasteiger partial charge in [0.15, 0.2) is 5.90 Å². The maximum Gasteiger partial charge on any atom is 0.184 e. The van der Waals surface area contributed by atoms with Gasteiger partial charge in [0, 0.05) is 51.1 Å². The van der Waals surface area contributed by atoms with Crippen molar-refractivity contribution in [3.63, 3.8) is 0 Å². The van der Waals surface area contributed by atoms with E-state index in [2.05, 4.69) is 75.3 Å². The Morgan fingerprint density at radius 3 is 2.58 bits per heavy atom. The van der Waals surface area contributed by atoms with Crippen LogP contribution < -0.4 is 4.90 Å². The van der Waals surface area contributed by atoms with Gasteiger partial charge < -0.3 is 24.2 Å². The molecule has 6 nitrogen and oxygen atoms in total. The fourth-order valence-corrected chi connectivity index (χ4v) is 3.56. The van der Waals surface area contributed by atoms with Crippen LogP contribution in [-0.2, 0) is 14.2 Å². The van der Waals surface area contributed by atoms with Crippen LogP contribution in [0.3, 0.4) is 0 Å². The molecule has 1 N–H and O–H groups in total. The Kier molecular flexibility index (Phi) is 17.0. The average molecular weight is 547 g/mol. The van der Waals surface area contributed by atoms with E-state index >= 15 is 0 Å². The van der Waals surface area contributed by atoms with Gasteiger partial charge in [0.05, 0.1) is 19.3 Å². The van der Waals surface area contributed by atoms with Crippen molar-refractivity contribution in [2.45, 2.75) is 77.9 Å². The summed E-state index contributed by atoms with van der Waals surface area (Å²) in [6, 6.07) is 6.39.